The smallest absolute Gasteiger partial charge is 0.271 e. The van der Waals surface area contributed by atoms with E-state index in [1.54, 1.807) is 6.07 Å². The summed E-state index contributed by atoms with van der Waals surface area (Å²) in [5, 5.41) is 17.4. The maximum atomic E-state index is 10.7. The molecule has 3 rings (SSSR count). The van der Waals surface area contributed by atoms with Gasteiger partial charge in [-0.3, -0.25) is 10.1 Å². The number of aromatic nitrogens is 2. The van der Waals surface area contributed by atoms with Crippen LogP contribution in [0.1, 0.15) is 19.3 Å². The summed E-state index contributed by atoms with van der Waals surface area (Å²) in [6.07, 6.45) is 3.63. The van der Waals surface area contributed by atoms with Gasteiger partial charge in [-0.05, 0) is 44.3 Å². The van der Waals surface area contributed by atoms with Crippen molar-refractivity contribution in [2.75, 3.05) is 25.0 Å². The Balaban J connectivity index is 1.60. The number of nitrogens with one attached hydrogen (secondary N) is 3. The molecule has 21 heavy (non-hydrogen) atoms. The molecule has 7 nitrogen and oxygen atoms in total. The number of fused-ring (bicyclic) bond motifs is 1. The zero-order valence-electron chi connectivity index (χ0n) is 11.8. The Morgan fingerprint density at radius 2 is 2.38 bits per heavy atom. The van der Waals surface area contributed by atoms with E-state index in [1.807, 2.05) is 0 Å². The van der Waals surface area contributed by atoms with Crippen LogP contribution in [0.25, 0.3) is 11.0 Å². The van der Waals surface area contributed by atoms with Crippen molar-refractivity contribution in [2.24, 2.45) is 5.92 Å². The molecule has 1 aromatic heterocycles. The SMILES string of the molecule is O=[N+]([O-])c1ccc2nc(NCCC3CCCNC3)[nH]c2c1. The molecule has 0 aliphatic carbocycles. The van der Waals surface area contributed by atoms with E-state index in [9.17, 15) is 10.1 Å². The van der Waals surface area contributed by atoms with Crippen LogP contribution in [-0.2, 0) is 0 Å². The van der Waals surface area contributed by atoms with Crippen LogP contribution in [0.4, 0.5) is 11.6 Å². The summed E-state index contributed by atoms with van der Waals surface area (Å²) in [5.41, 5.74) is 1.50. The normalized spacial score (nSPS) is 18.8. The Kier molecular flexibility index (Phi) is 4.01. The van der Waals surface area contributed by atoms with E-state index in [4.69, 9.17) is 0 Å². The second-order valence-electron chi connectivity index (χ2n) is 5.47. The molecule has 1 atom stereocenters. The Morgan fingerprint density at radius 3 is 3.14 bits per heavy atom. The maximum Gasteiger partial charge on any atom is 0.271 e. The van der Waals surface area contributed by atoms with E-state index in [2.05, 4.69) is 20.6 Å². The lowest BCUT2D eigenvalue weighted by atomic mass is 9.96. The number of nitro groups is 1. The van der Waals surface area contributed by atoms with Crippen molar-refractivity contribution >= 4 is 22.7 Å². The molecule has 2 aromatic rings. The first-order valence-corrected chi connectivity index (χ1v) is 7.31. The maximum absolute atomic E-state index is 10.7. The molecular weight excluding hydrogens is 270 g/mol. The standard InChI is InChI=1S/C14H19N5O2/c20-19(21)11-3-4-12-13(8-11)18-14(17-12)16-7-5-10-2-1-6-15-9-10/h3-4,8,10,15H,1-2,5-7,9H2,(H2,16,17,18). The zero-order valence-corrected chi connectivity index (χ0v) is 11.8. The molecule has 0 saturated carbocycles. The third kappa shape index (κ3) is 3.30. The molecule has 1 fully saturated rings. The molecule has 2 heterocycles. The first kappa shape index (κ1) is 13.8. The molecule has 3 N–H and O–H groups in total. The van der Waals surface area contributed by atoms with Crippen molar-refractivity contribution in [3.63, 3.8) is 0 Å². The van der Waals surface area contributed by atoms with Crippen molar-refractivity contribution in [3.8, 4) is 0 Å². The van der Waals surface area contributed by atoms with Gasteiger partial charge in [-0.15, -0.1) is 0 Å². The lowest BCUT2D eigenvalue weighted by Crippen LogP contribution is -2.30. The summed E-state index contributed by atoms with van der Waals surface area (Å²) in [6.45, 7) is 3.08. The topological polar surface area (TPSA) is 95.9 Å². The quantitative estimate of drug-likeness (QED) is 0.579. The van der Waals surface area contributed by atoms with Gasteiger partial charge in [-0.1, -0.05) is 0 Å². The summed E-state index contributed by atoms with van der Waals surface area (Å²) in [7, 11) is 0. The largest absolute Gasteiger partial charge is 0.356 e. The summed E-state index contributed by atoms with van der Waals surface area (Å²) in [6, 6.07) is 4.65. The number of imidazole rings is 1. The van der Waals surface area contributed by atoms with Crippen molar-refractivity contribution in [1.82, 2.24) is 15.3 Å². The number of piperidine rings is 1. The van der Waals surface area contributed by atoms with E-state index in [0.717, 1.165) is 37.5 Å². The molecule has 1 aliphatic heterocycles. The second kappa shape index (κ2) is 6.09. The van der Waals surface area contributed by atoms with Crippen LogP contribution in [0.2, 0.25) is 0 Å². The van der Waals surface area contributed by atoms with Gasteiger partial charge in [0, 0.05) is 18.7 Å². The predicted octanol–water partition coefficient (Wildman–Crippen LogP) is 2.27. The molecule has 7 heteroatoms. The predicted molar refractivity (Wildman–Crippen MR) is 81.4 cm³/mol. The van der Waals surface area contributed by atoms with Crippen molar-refractivity contribution in [3.05, 3.63) is 28.3 Å². The second-order valence-corrected chi connectivity index (χ2v) is 5.47. The van der Waals surface area contributed by atoms with Gasteiger partial charge in [-0.25, -0.2) is 4.98 Å². The Labute approximate surface area is 122 Å². The lowest BCUT2D eigenvalue weighted by molar-refractivity contribution is -0.384. The Morgan fingerprint density at radius 1 is 1.48 bits per heavy atom. The van der Waals surface area contributed by atoms with Gasteiger partial charge in [0.25, 0.3) is 5.69 Å². The number of non-ortho nitro benzene ring substituents is 1. The number of aromatic amines is 1. The zero-order chi connectivity index (χ0) is 14.7. The minimum absolute atomic E-state index is 0.0750. The molecule has 0 bridgehead atoms. The minimum atomic E-state index is -0.399. The van der Waals surface area contributed by atoms with E-state index in [1.165, 1.54) is 25.0 Å². The Hall–Kier alpha value is -2.15. The number of nitrogens with zero attached hydrogens (tertiary/aromatic N) is 2. The third-order valence-corrected chi connectivity index (χ3v) is 3.92. The van der Waals surface area contributed by atoms with Gasteiger partial charge >= 0.3 is 0 Å². The fourth-order valence-corrected chi connectivity index (χ4v) is 2.76. The molecule has 0 radical (unpaired) electrons. The van der Waals surface area contributed by atoms with Gasteiger partial charge in [0.1, 0.15) is 0 Å². The molecule has 1 saturated heterocycles. The fraction of sp³-hybridized carbons (Fsp3) is 0.500. The molecule has 112 valence electrons. The van der Waals surface area contributed by atoms with E-state index < -0.39 is 4.92 Å². The van der Waals surface area contributed by atoms with Gasteiger partial charge < -0.3 is 15.6 Å². The lowest BCUT2D eigenvalue weighted by Gasteiger charge is -2.22. The number of rotatable bonds is 5. The first-order valence-electron chi connectivity index (χ1n) is 7.31. The molecular formula is C14H19N5O2. The Bertz CT molecular complexity index is 633. The molecule has 0 amide bonds. The number of benzene rings is 1. The van der Waals surface area contributed by atoms with Crippen LogP contribution >= 0.6 is 0 Å². The van der Waals surface area contributed by atoms with Crippen LogP contribution < -0.4 is 10.6 Å². The molecule has 1 aromatic carbocycles. The number of anilines is 1. The average Bonchev–Trinajstić information content (AvgIpc) is 2.90. The summed E-state index contributed by atoms with van der Waals surface area (Å²) in [4.78, 5) is 17.8. The van der Waals surface area contributed by atoms with Gasteiger partial charge in [0.2, 0.25) is 5.95 Å². The van der Waals surface area contributed by atoms with Crippen molar-refractivity contribution in [2.45, 2.75) is 19.3 Å². The number of hydrogen-bond donors (Lipinski definition) is 3. The third-order valence-electron chi connectivity index (χ3n) is 3.92. The van der Waals surface area contributed by atoms with Crippen molar-refractivity contribution < 1.29 is 4.92 Å². The van der Waals surface area contributed by atoms with Crippen LogP contribution in [0.5, 0.6) is 0 Å². The van der Waals surface area contributed by atoms with Crippen LogP contribution in [0, 0.1) is 16.0 Å². The minimum Gasteiger partial charge on any atom is -0.356 e. The number of nitro benzene ring substituents is 1. The fourth-order valence-electron chi connectivity index (χ4n) is 2.76. The summed E-state index contributed by atoms with van der Waals surface area (Å²) < 4.78 is 0. The summed E-state index contributed by atoms with van der Waals surface area (Å²) >= 11 is 0. The van der Waals surface area contributed by atoms with Crippen LogP contribution in [-0.4, -0.2) is 34.5 Å². The molecule has 1 aliphatic rings. The van der Waals surface area contributed by atoms with E-state index >= 15 is 0 Å². The van der Waals surface area contributed by atoms with Gasteiger partial charge in [0.05, 0.1) is 16.0 Å². The monoisotopic (exact) mass is 289 g/mol. The number of hydrogen-bond acceptors (Lipinski definition) is 5. The van der Waals surface area contributed by atoms with Crippen LogP contribution in [0.3, 0.4) is 0 Å². The van der Waals surface area contributed by atoms with E-state index in [-0.39, 0.29) is 5.69 Å². The average molecular weight is 289 g/mol. The number of H-pyrrole nitrogens is 1. The van der Waals surface area contributed by atoms with E-state index in [0.29, 0.717) is 11.5 Å². The van der Waals surface area contributed by atoms with Crippen molar-refractivity contribution in [1.29, 1.82) is 0 Å². The summed E-state index contributed by atoms with van der Waals surface area (Å²) in [5.74, 6) is 1.39. The first-order chi connectivity index (χ1) is 10.2. The highest BCUT2D eigenvalue weighted by Crippen LogP contribution is 2.21. The van der Waals surface area contributed by atoms with Crippen LogP contribution in [0.15, 0.2) is 18.2 Å². The molecule has 0 spiro atoms. The highest BCUT2D eigenvalue weighted by Gasteiger charge is 2.13. The molecule has 1 unspecified atom stereocenters. The van der Waals surface area contributed by atoms with Gasteiger partial charge in [0.15, 0.2) is 0 Å². The highest BCUT2D eigenvalue weighted by atomic mass is 16.6. The van der Waals surface area contributed by atoms with Gasteiger partial charge in [-0.2, -0.15) is 0 Å². The highest BCUT2D eigenvalue weighted by molar-refractivity contribution is 5.79.